The average Bonchev–Trinajstić information content (AvgIpc) is 3.20. The summed E-state index contributed by atoms with van der Waals surface area (Å²) in [5.41, 5.74) is 7.87. The lowest BCUT2D eigenvalue weighted by Gasteiger charge is -2.18. The van der Waals surface area contributed by atoms with Crippen LogP contribution in [0.4, 0.5) is 0 Å². The maximum Gasteiger partial charge on any atom is 0.160 e. The van der Waals surface area contributed by atoms with Gasteiger partial charge in [-0.3, -0.25) is 0 Å². The van der Waals surface area contributed by atoms with Crippen molar-refractivity contribution in [1.29, 1.82) is 0 Å². The molecule has 0 aliphatic heterocycles. The minimum Gasteiger partial charge on any atom is -0.247 e. The van der Waals surface area contributed by atoms with Gasteiger partial charge in [0.1, 0.15) is 0 Å². The zero-order chi connectivity index (χ0) is 33.0. The van der Waals surface area contributed by atoms with Gasteiger partial charge in [-0.2, -0.15) is 0 Å². The van der Waals surface area contributed by atoms with E-state index in [2.05, 4.69) is 140 Å². The largest absolute Gasteiger partial charge is 0.247 e. The van der Waals surface area contributed by atoms with Crippen LogP contribution in [0.25, 0.3) is 99.2 Å². The average molecular weight is 636 g/mol. The van der Waals surface area contributed by atoms with Crippen LogP contribution in [-0.4, -0.2) is 15.0 Å². The topological polar surface area (TPSA) is 38.7 Å². The van der Waals surface area contributed by atoms with Gasteiger partial charge in [-0.05, 0) is 39.1 Å². The first kappa shape index (κ1) is 28.3. The molecule has 0 N–H and O–H groups in total. The molecule has 0 unspecified atom stereocenters. The molecule has 0 amide bonds. The predicted molar refractivity (Wildman–Crippen MR) is 209 cm³/mol. The van der Waals surface area contributed by atoms with Crippen LogP contribution in [0.5, 0.6) is 0 Å². The van der Waals surface area contributed by atoms with Gasteiger partial charge in [0.25, 0.3) is 0 Å². The Hall–Kier alpha value is -6.71. The molecular weight excluding hydrogens is 607 g/mol. The summed E-state index contributed by atoms with van der Waals surface area (Å²) >= 11 is 0. The number of aromatic nitrogens is 3. The molecular formula is C47H29N3. The summed E-state index contributed by atoms with van der Waals surface area (Å²) in [7, 11) is 0. The van der Waals surface area contributed by atoms with Crippen LogP contribution in [0.15, 0.2) is 176 Å². The molecule has 50 heavy (non-hydrogen) atoms. The Balaban J connectivity index is 1.24. The zero-order valence-corrected chi connectivity index (χ0v) is 27.1. The normalized spacial score (nSPS) is 11.6. The van der Waals surface area contributed by atoms with E-state index in [-0.39, 0.29) is 0 Å². The van der Waals surface area contributed by atoms with Gasteiger partial charge >= 0.3 is 0 Å². The van der Waals surface area contributed by atoms with Gasteiger partial charge in [0.15, 0.2) is 5.82 Å². The van der Waals surface area contributed by atoms with Crippen molar-refractivity contribution in [2.24, 2.45) is 0 Å². The lowest BCUT2D eigenvalue weighted by molar-refractivity contribution is 1.18. The Morgan fingerprint density at radius 1 is 0.300 bits per heavy atom. The third-order valence-corrected chi connectivity index (χ3v) is 9.84. The van der Waals surface area contributed by atoms with Crippen LogP contribution in [0.2, 0.25) is 0 Å². The molecule has 3 heteroatoms. The van der Waals surface area contributed by atoms with Crippen LogP contribution in [0, 0.1) is 0 Å². The highest BCUT2D eigenvalue weighted by molar-refractivity contribution is 6.37. The molecule has 0 fully saturated rings. The van der Waals surface area contributed by atoms with E-state index in [9.17, 15) is 0 Å². The number of para-hydroxylation sites is 1. The summed E-state index contributed by atoms with van der Waals surface area (Å²) in [6.07, 6.45) is 0. The third-order valence-electron chi connectivity index (χ3n) is 9.84. The van der Waals surface area contributed by atoms with E-state index in [0.717, 1.165) is 50.2 Å². The number of nitrogens with zero attached hydrogens (tertiary/aromatic N) is 3. The minimum atomic E-state index is 0.690. The van der Waals surface area contributed by atoms with Crippen LogP contribution >= 0.6 is 0 Å². The van der Waals surface area contributed by atoms with Crippen LogP contribution in [-0.2, 0) is 0 Å². The Morgan fingerprint density at radius 3 is 1.52 bits per heavy atom. The fourth-order valence-corrected chi connectivity index (χ4v) is 7.51. The van der Waals surface area contributed by atoms with Gasteiger partial charge in [-0.15, -0.1) is 0 Å². The maximum absolute atomic E-state index is 5.42. The van der Waals surface area contributed by atoms with Crippen molar-refractivity contribution in [3.63, 3.8) is 0 Å². The highest BCUT2D eigenvalue weighted by atomic mass is 14.9. The van der Waals surface area contributed by atoms with E-state index >= 15 is 0 Å². The first-order chi connectivity index (χ1) is 24.8. The van der Waals surface area contributed by atoms with Gasteiger partial charge in [0.05, 0.1) is 22.6 Å². The number of hydrogen-bond acceptors (Lipinski definition) is 3. The summed E-state index contributed by atoms with van der Waals surface area (Å²) in [5.74, 6) is 0.690. The van der Waals surface area contributed by atoms with Crippen molar-refractivity contribution in [2.45, 2.75) is 0 Å². The molecule has 0 aliphatic carbocycles. The van der Waals surface area contributed by atoms with E-state index in [1.165, 1.54) is 43.1 Å². The number of pyridine rings is 1. The third kappa shape index (κ3) is 4.56. The second kappa shape index (κ2) is 11.5. The van der Waals surface area contributed by atoms with Crippen LogP contribution in [0.1, 0.15) is 0 Å². The van der Waals surface area contributed by atoms with Crippen molar-refractivity contribution in [3.8, 4) is 45.2 Å². The molecule has 0 aliphatic rings. The standard InChI is InChI=1S/C47H29N3/c1-3-14-31(15-4-1)41-29-42(32-16-5-2-6-17-32)50-47(49-41)34-25-23-33(24-26-34)46-45-43-35-18-8-7-13-30(35)27-28-38(43)36-19-9-10-20-37(36)44(45)39-21-11-12-22-40(39)48-46/h1-29H. The van der Waals surface area contributed by atoms with E-state index in [1.54, 1.807) is 0 Å². The maximum atomic E-state index is 5.42. The second-order valence-corrected chi connectivity index (χ2v) is 12.8. The highest BCUT2D eigenvalue weighted by Crippen LogP contribution is 2.45. The number of hydrogen-bond donors (Lipinski definition) is 0. The molecule has 10 aromatic rings. The molecule has 10 rings (SSSR count). The molecule has 2 aromatic heterocycles. The second-order valence-electron chi connectivity index (χ2n) is 12.8. The molecule has 0 saturated carbocycles. The zero-order valence-electron chi connectivity index (χ0n) is 27.1. The lowest BCUT2D eigenvalue weighted by Crippen LogP contribution is -1.96. The predicted octanol–water partition coefficient (Wildman–Crippen LogP) is 12.3. The molecule has 0 bridgehead atoms. The summed E-state index contributed by atoms with van der Waals surface area (Å²) in [4.78, 5) is 15.6. The Labute approximate surface area is 289 Å². The number of rotatable bonds is 4. The van der Waals surface area contributed by atoms with Crippen molar-refractivity contribution in [2.75, 3.05) is 0 Å². The van der Waals surface area contributed by atoms with Crippen molar-refractivity contribution >= 4 is 54.0 Å². The number of benzene rings is 8. The summed E-state index contributed by atoms with van der Waals surface area (Å²) in [5, 5.41) is 11.0. The van der Waals surface area contributed by atoms with E-state index in [1.807, 2.05) is 36.4 Å². The highest BCUT2D eigenvalue weighted by Gasteiger charge is 2.19. The molecule has 2 heterocycles. The fourth-order valence-electron chi connectivity index (χ4n) is 7.51. The van der Waals surface area contributed by atoms with Gasteiger partial charge in [0, 0.05) is 43.8 Å². The molecule has 232 valence electrons. The Bertz CT molecular complexity index is 2800. The Morgan fingerprint density at radius 2 is 0.820 bits per heavy atom. The van der Waals surface area contributed by atoms with Crippen LogP contribution in [0.3, 0.4) is 0 Å². The molecule has 8 aromatic carbocycles. The van der Waals surface area contributed by atoms with Gasteiger partial charge < -0.3 is 0 Å². The number of fused-ring (bicyclic) bond motifs is 10. The molecule has 3 nitrogen and oxygen atoms in total. The first-order valence-electron chi connectivity index (χ1n) is 17.0. The quantitative estimate of drug-likeness (QED) is 0.181. The summed E-state index contributed by atoms with van der Waals surface area (Å²) < 4.78 is 0. The van der Waals surface area contributed by atoms with E-state index in [0.29, 0.717) is 5.82 Å². The van der Waals surface area contributed by atoms with Crippen molar-refractivity contribution < 1.29 is 0 Å². The molecule has 0 atom stereocenters. The molecule has 0 spiro atoms. The smallest absolute Gasteiger partial charge is 0.160 e. The lowest BCUT2D eigenvalue weighted by atomic mass is 9.87. The van der Waals surface area contributed by atoms with E-state index in [4.69, 9.17) is 15.0 Å². The SMILES string of the molecule is c1ccc(-c2cc(-c3ccccc3)nc(-c3ccc(-c4nc5ccccc5c5c6ccccc6c6ccc7ccccc7c6c45)cc3)n2)cc1. The van der Waals surface area contributed by atoms with Crippen LogP contribution < -0.4 is 0 Å². The molecule has 0 radical (unpaired) electrons. The summed E-state index contributed by atoms with van der Waals surface area (Å²) in [6, 6.07) is 61.9. The first-order valence-corrected chi connectivity index (χ1v) is 17.0. The Kier molecular flexibility index (Phi) is 6.49. The van der Waals surface area contributed by atoms with Gasteiger partial charge in [0.2, 0.25) is 0 Å². The molecule has 0 saturated heterocycles. The van der Waals surface area contributed by atoms with Gasteiger partial charge in [-0.25, -0.2) is 15.0 Å². The minimum absolute atomic E-state index is 0.690. The van der Waals surface area contributed by atoms with Crippen molar-refractivity contribution in [3.05, 3.63) is 176 Å². The van der Waals surface area contributed by atoms with Crippen molar-refractivity contribution in [1.82, 2.24) is 15.0 Å². The monoisotopic (exact) mass is 635 g/mol. The van der Waals surface area contributed by atoms with Gasteiger partial charge in [-0.1, -0.05) is 164 Å². The fraction of sp³-hybridized carbons (Fsp3) is 0. The van der Waals surface area contributed by atoms with E-state index < -0.39 is 0 Å². The summed E-state index contributed by atoms with van der Waals surface area (Å²) in [6.45, 7) is 0.